The predicted molar refractivity (Wildman–Crippen MR) is 83.1 cm³/mol. The number of rotatable bonds is 3. The topological polar surface area (TPSA) is 83.1 Å². The number of fused-ring (bicyclic) bond motifs is 1. The Labute approximate surface area is 134 Å². The molecule has 3 rings (SSSR count). The minimum Gasteiger partial charge on any atom is -0.872 e. The molecule has 1 aromatic carbocycles. The summed E-state index contributed by atoms with van der Waals surface area (Å²) in [4.78, 5) is 15.9. The first-order chi connectivity index (χ1) is 10.4. The molecule has 0 aliphatic rings. The van der Waals surface area contributed by atoms with Gasteiger partial charge in [-0.3, -0.25) is 0 Å². The van der Waals surface area contributed by atoms with Gasteiger partial charge in [-0.2, -0.15) is 0 Å². The van der Waals surface area contributed by atoms with E-state index in [-0.39, 0.29) is 11.3 Å². The molecule has 1 N–H and O–H groups in total. The van der Waals surface area contributed by atoms with E-state index in [1.165, 1.54) is 6.07 Å². The molecule has 0 bridgehead atoms. The van der Waals surface area contributed by atoms with E-state index in [9.17, 15) is 15.0 Å². The van der Waals surface area contributed by atoms with Gasteiger partial charge < -0.3 is 19.3 Å². The Morgan fingerprint density at radius 2 is 2.18 bits per heavy atom. The summed E-state index contributed by atoms with van der Waals surface area (Å²) < 4.78 is 4.10. The van der Waals surface area contributed by atoms with Gasteiger partial charge in [-0.15, -0.1) is 0 Å². The summed E-state index contributed by atoms with van der Waals surface area (Å²) in [6.07, 6.45) is 3.47. The molecule has 0 fully saturated rings. The van der Waals surface area contributed by atoms with E-state index in [1.807, 2.05) is 16.1 Å². The molecule has 114 valence electrons. The van der Waals surface area contributed by atoms with Crippen LogP contribution in [0.1, 0.15) is 21.9 Å². The molecule has 0 aliphatic carbocycles. The maximum Gasteiger partial charge on any atom is 0.338 e. The lowest BCUT2D eigenvalue weighted by atomic mass is 10.1. The van der Waals surface area contributed by atoms with E-state index in [4.69, 9.17) is 0 Å². The highest BCUT2D eigenvalue weighted by Gasteiger charge is 2.21. The van der Waals surface area contributed by atoms with Crippen molar-refractivity contribution in [1.29, 1.82) is 0 Å². The molecule has 22 heavy (non-hydrogen) atoms. The molecular weight excluding hydrogens is 350 g/mol. The molecule has 0 saturated heterocycles. The number of benzene rings is 1. The van der Waals surface area contributed by atoms with Crippen LogP contribution in [0.2, 0.25) is 0 Å². The molecule has 0 atom stereocenters. The summed E-state index contributed by atoms with van der Waals surface area (Å²) in [6, 6.07) is 3.03. The number of hydrogen-bond donors (Lipinski definition) is 1. The molecule has 0 saturated carbocycles. The van der Waals surface area contributed by atoms with Gasteiger partial charge in [0, 0.05) is 34.8 Å². The summed E-state index contributed by atoms with van der Waals surface area (Å²) in [5.41, 5.74) is 1.49. The average molecular weight is 363 g/mol. The van der Waals surface area contributed by atoms with Crippen LogP contribution < -0.4 is 5.11 Å². The van der Waals surface area contributed by atoms with E-state index in [2.05, 4.69) is 20.9 Å². The normalized spacial score (nSPS) is 11.2. The third-order valence-corrected chi connectivity index (χ3v) is 4.45. The van der Waals surface area contributed by atoms with E-state index in [1.54, 1.807) is 25.5 Å². The summed E-state index contributed by atoms with van der Waals surface area (Å²) >= 11 is 3.21. The van der Waals surface area contributed by atoms with Crippen LogP contribution in [0.25, 0.3) is 10.9 Å². The fourth-order valence-corrected chi connectivity index (χ4v) is 2.98. The minimum atomic E-state index is -1.04. The van der Waals surface area contributed by atoms with Crippen LogP contribution in [0.5, 0.6) is 5.75 Å². The quantitative estimate of drug-likeness (QED) is 0.774. The van der Waals surface area contributed by atoms with E-state index >= 15 is 0 Å². The molecule has 0 unspecified atom stereocenters. The van der Waals surface area contributed by atoms with Crippen molar-refractivity contribution >= 4 is 32.8 Å². The molecule has 0 amide bonds. The first-order valence-corrected chi connectivity index (χ1v) is 7.38. The second-order valence-corrected chi connectivity index (χ2v) is 5.94. The number of carboxylic acid groups (broad SMARTS) is 1. The minimum absolute atomic E-state index is 0.162. The number of nitrogens with zero attached hydrogens (tertiary/aromatic N) is 3. The fourth-order valence-electron chi connectivity index (χ4n) is 2.65. The highest BCUT2D eigenvalue weighted by molar-refractivity contribution is 9.10. The Morgan fingerprint density at radius 3 is 2.77 bits per heavy atom. The number of aromatic nitrogens is 3. The lowest BCUT2D eigenvalue weighted by Crippen LogP contribution is -2.10. The number of imidazole rings is 1. The predicted octanol–water partition coefficient (Wildman–Crippen LogP) is 2.27. The van der Waals surface area contributed by atoms with Gasteiger partial charge in [0.05, 0.1) is 17.8 Å². The second-order valence-electron chi connectivity index (χ2n) is 5.09. The zero-order valence-electron chi connectivity index (χ0n) is 12.0. The summed E-state index contributed by atoms with van der Waals surface area (Å²) in [7, 11) is 1.80. The standard InChI is InChI=1S/C15H14BrN3O3/c1-8-17-3-4-19(8)7-12-14(15(21)22)9-5-13(20)10(16)6-11(9)18(12)2/h3-6,20H,7H2,1-2H3,(H,21,22)/p-1. The average Bonchev–Trinajstić information content (AvgIpc) is 2.96. The SMILES string of the molecule is Cc1nccn1Cc1c(C(=O)O)c2cc([O-])c(Br)cc2n1C. The molecule has 2 heterocycles. The van der Waals surface area contributed by atoms with Crippen molar-refractivity contribution in [3.05, 3.63) is 46.1 Å². The molecular formula is C15H13BrN3O3-. The molecule has 3 aromatic rings. The zero-order valence-corrected chi connectivity index (χ0v) is 13.6. The van der Waals surface area contributed by atoms with Gasteiger partial charge in [0.2, 0.25) is 0 Å². The second kappa shape index (κ2) is 5.17. The van der Waals surface area contributed by atoms with Crippen LogP contribution in [0.3, 0.4) is 0 Å². The highest BCUT2D eigenvalue weighted by Crippen LogP contribution is 2.33. The van der Waals surface area contributed by atoms with Crippen LogP contribution in [-0.2, 0) is 13.6 Å². The Bertz CT molecular complexity index is 895. The number of halogens is 1. The van der Waals surface area contributed by atoms with Crippen molar-refractivity contribution in [3.63, 3.8) is 0 Å². The van der Waals surface area contributed by atoms with Crippen LogP contribution >= 0.6 is 15.9 Å². The van der Waals surface area contributed by atoms with Gasteiger partial charge in [-0.05, 0) is 13.0 Å². The molecule has 0 spiro atoms. The zero-order chi connectivity index (χ0) is 16.0. The number of aryl methyl sites for hydroxylation is 2. The number of carboxylic acids is 1. The van der Waals surface area contributed by atoms with E-state index in [0.717, 1.165) is 5.82 Å². The Balaban J connectivity index is 2.29. The molecule has 0 radical (unpaired) electrons. The molecule has 0 aliphatic heterocycles. The van der Waals surface area contributed by atoms with Gasteiger partial charge in [0.25, 0.3) is 0 Å². The Kier molecular flexibility index (Phi) is 3.44. The smallest absolute Gasteiger partial charge is 0.338 e. The van der Waals surface area contributed by atoms with Gasteiger partial charge in [0.1, 0.15) is 5.82 Å². The first kappa shape index (κ1) is 14.6. The van der Waals surface area contributed by atoms with Crippen molar-refractivity contribution in [1.82, 2.24) is 14.1 Å². The maximum absolute atomic E-state index is 11.8. The largest absolute Gasteiger partial charge is 0.872 e. The van der Waals surface area contributed by atoms with Crippen molar-refractivity contribution < 1.29 is 15.0 Å². The Hall–Kier alpha value is -2.28. The molecule has 2 aromatic heterocycles. The van der Waals surface area contributed by atoms with Crippen molar-refractivity contribution in [2.75, 3.05) is 0 Å². The van der Waals surface area contributed by atoms with Gasteiger partial charge in [-0.25, -0.2) is 9.78 Å². The van der Waals surface area contributed by atoms with Crippen LogP contribution in [0.4, 0.5) is 0 Å². The maximum atomic E-state index is 11.8. The first-order valence-electron chi connectivity index (χ1n) is 6.59. The third kappa shape index (κ3) is 2.18. The van der Waals surface area contributed by atoms with Gasteiger partial charge in [-0.1, -0.05) is 27.7 Å². The number of carbonyl (C=O) groups is 1. The number of hydrogen-bond acceptors (Lipinski definition) is 3. The van der Waals surface area contributed by atoms with Gasteiger partial charge in [0.15, 0.2) is 0 Å². The summed E-state index contributed by atoms with van der Waals surface area (Å²) in [6.45, 7) is 2.24. The fraction of sp³-hybridized carbons (Fsp3) is 0.200. The lowest BCUT2D eigenvalue weighted by Gasteiger charge is -2.09. The monoisotopic (exact) mass is 362 g/mol. The summed E-state index contributed by atoms with van der Waals surface area (Å²) in [5.74, 6) is -0.474. The highest BCUT2D eigenvalue weighted by atomic mass is 79.9. The van der Waals surface area contributed by atoms with Crippen LogP contribution in [0.15, 0.2) is 29.0 Å². The lowest BCUT2D eigenvalue weighted by molar-refractivity contribution is -0.269. The molecule has 7 heteroatoms. The van der Waals surface area contributed by atoms with Crippen molar-refractivity contribution in [2.45, 2.75) is 13.5 Å². The Morgan fingerprint density at radius 1 is 1.45 bits per heavy atom. The summed E-state index contributed by atoms with van der Waals surface area (Å²) in [5, 5.41) is 21.9. The van der Waals surface area contributed by atoms with Crippen LogP contribution in [-0.4, -0.2) is 25.2 Å². The van der Waals surface area contributed by atoms with E-state index in [0.29, 0.717) is 27.6 Å². The third-order valence-electron chi connectivity index (χ3n) is 3.83. The molecule has 6 nitrogen and oxygen atoms in total. The number of aromatic carboxylic acids is 1. The van der Waals surface area contributed by atoms with Crippen molar-refractivity contribution in [2.24, 2.45) is 7.05 Å². The van der Waals surface area contributed by atoms with Crippen molar-refractivity contribution in [3.8, 4) is 5.75 Å². The van der Waals surface area contributed by atoms with E-state index < -0.39 is 5.97 Å². The van der Waals surface area contributed by atoms with Crippen LogP contribution in [0, 0.1) is 6.92 Å². The van der Waals surface area contributed by atoms with Gasteiger partial charge >= 0.3 is 5.97 Å².